The lowest BCUT2D eigenvalue weighted by molar-refractivity contribution is -0.117. The molecule has 2 heterocycles. The molecule has 128 valence electrons. The molecule has 0 unspecified atom stereocenters. The number of nitrogens with one attached hydrogen (secondary N) is 2. The zero-order chi connectivity index (χ0) is 17.6. The van der Waals surface area contributed by atoms with Crippen LogP contribution in [0.15, 0.2) is 54.9 Å². The summed E-state index contributed by atoms with van der Waals surface area (Å²) in [4.78, 5) is 17.1. The van der Waals surface area contributed by atoms with E-state index in [4.69, 9.17) is 4.74 Å². The fourth-order valence-electron chi connectivity index (χ4n) is 2.72. The van der Waals surface area contributed by atoms with Gasteiger partial charge in [0.1, 0.15) is 11.4 Å². The van der Waals surface area contributed by atoms with Gasteiger partial charge in [-0.25, -0.2) is 0 Å². The zero-order valence-electron chi connectivity index (χ0n) is 14.2. The van der Waals surface area contributed by atoms with Crippen molar-refractivity contribution in [3.05, 3.63) is 60.4 Å². The average Bonchev–Trinajstić information content (AvgIpc) is 3.11. The number of ether oxygens (including phenoxy) is 1. The number of aromatic nitrogens is 3. The molecule has 1 amide bonds. The van der Waals surface area contributed by atoms with Crippen LogP contribution in [0.3, 0.4) is 0 Å². The first-order valence-corrected chi connectivity index (χ1v) is 8.12. The van der Waals surface area contributed by atoms with Crippen molar-refractivity contribution in [3.63, 3.8) is 0 Å². The van der Waals surface area contributed by atoms with Crippen molar-refractivity contribution in [2.45, 2.75) is 19.3 Å². The summed E-state index contributed by atoms with van der Waals surface area (Å²) in [6.07, 6.45) is 3.99. The van der Waals surface area contributed by atoms with Crippen LogP contribution in [0.2, 0.25) is 0 Å². The number of hydrogen-bond acceptors (Lipinski definition) is 4. The molecule has 6 heteroatoms. The minimum Gasteiger partial charge on any atom is -0.497 e. The monoisotopic (exact) mass is 336 g/mol. The lowest BCUT2D eigenvalue weighted by atomic mass is 9.95. The molecule has 2 N–H and O–H groups in total. The van der Waals surface area contributed by atoms with Crippen LogP contribution in [0.25, 0.3) is 11.4 Å². The number of carbonyl (C=O) groups is 1. The van der Waals surface area contributed by atoms with Crippen LogP contribution in [-0.4, -0.2) is 28.2 Å². The summed E-state index contributed by atoms with van der Waals surface area (Å²) in [6, 6.07) is 13.2. The maximum absolute atomic E-state index is 12.8. The van der Waals surface area contributed by atoms with Crippen molar-refractivity contribution < 1.29 is 9.53 Å². The Morgan fingerprint density at radius 1 is 1.24 bits per heavy atom. The molecule has 0 saturated heterocycles. The number of amides is 1. The molecule has 0 spiro atoms. The number of carbonyl (C=O) groups excluding carboxylic acids is 1. The zero-order valence-corrected chi connectivity index (χ0v) is 14.2. The molecular formula is C19H20N4O2. The predicted octanol–water partition coefficient (Wildman–Crippen LogP) is 3.61. The third kappa shape index (κ3) is 3.68. The number of aromatic amines is 1. The van der Waals surface area contributed by atoms with E-state index in [0.29, 0.717) is 17.8 Å². The van der Waals surface area contributed by atoms with Gasteiger partial charge in [0.15, 0.2) is 0 Å². The minimum absolute atomic E-state index is 0.0775. The largest absolute Gasteiger partial charge is 0.497 e. The van der Waals surface area contributed by atoms with E-state index in [1.807, 2.05) is 49.4 Å². The third-order valence-electron chi connectivity index (χ3n) is 4.06. The molecule has 25 heavy (non-hydrogen) atoms. The van der Waals surface area contributed by atoms with E-state index in [1.54, 1.807) is 19.5 Å². The van der Waals surface area contributed by atoms with Gasteiger partial charge in [-0.15, -0.1) is 0 Å². The van der Waals surface area contributed by atoms with E-state index in [-0.39, 0.29) is 11.8 Å². The summed E-state index contributed by atoms with van der Waals surface area (Å²) < 4.78 is 5.17. The first kappa shape index (κ1) is 16.7. The first-order chi connectivity index (χ1) is 12.2. The molecule has 2 aromatic heterocycles. The van der Waals surface area contributed by atoms with Gasteiger partial charge < -0.3 is 10.1 Å². The standard InChI is InChI=1S/C19H20N4O2/c1-3-15(13-7-9-14(25-2)10-8-13)19(24)22-17-12-21-23-18(17)16-6-4-5-11-20-16/h4-12,15H,3H2,1-2H3,(H,21,23)(H,22,24)/t15-/m1/s1. The number of pyridine rings is 1. The summed E-state index contributed by atoms with van der Waals surface area (Å²) in [7, 11) is 1.62. The second-order valence-corrected chi connectivity index (χ2v) is 5.60. The van der Waals surface area contributed by atoms with E-state index < -0.39 is 0 Å². The molecule has 3 aromatic rings. The molecule has 0 aliphatic heterocycles. The number of benzene rings is 1. The first-order valence-electron chi connectivity index (χ1n) is 8.12. The highest BCUT2D eigenvalue weighted by Gasteiger charge is 2.21. The molecule has 1 atom stereocenters. The highest BCUT2D eigenvalue weighted by atomic mass is 16.5. The topological polar surface area (TPSA) is 79.9 Å². The Hall–Kier alpha value is -3.15. The summed E-state index contributed by atoms with van der Waals surface area (Å²) in [5.74, 6) is 0.440. The Labute approximate surface area is 146 Å². The summed E-state index contributed by atoms with van der Waals surface area (Å²) in [5.41, 5.74) is 2.99. The molecular weight excluding hydrogens is 316 g/mol. The number of methoxy groups -OCH3 is 1. The van der Waals surface area contributed by atoms with Gasteiger partial charge in [-0.05, 0) is 36.2 Å². The van der Waals surface area contributed by atoms with Gasteiger partial charge in [0, 0.05) is 6.20 Å². The molecule has 6 nitrogen and oxygen atoms in total. The number of nitrogens with zero attached hydrogens (tertiary/aromatic N) is 2. The summed E-state index contributed by atoms with van der Waals surface area (Å²) in [6.45, 7) is 1.99. The Kier molecular flexibility index (Phi) is 5.09. The van der Waals surface area contributed by atoms with Crippen LogP contribution >= 0.6 is 0 Å². The molecule has 0 saturated carbocycles. The van der Waals surface area contributed by atoms with Crippen LogP contribution in [0.5, 0.6) is 5.75 Å². The van der Waals surface area contributed by atoms with Crippen molar-refractivity contribution in [2.24, 2.45) is 0 Å². The van der Waals surface area contributed by atoms with Gasteiger partial charge in [0.2, 0.25) is 5.91 Å². The second kappa shape index (κ2) is 7.61. The number of H-pyrrole nitrogens is 1. The predicted molar refractivity (Wildman–Crippen MR) is 96.5 cm³/mol. The Morgan fingerprint density at radius 2 is 2.04 bits per heavy atom. The number of anilines is 1. The second-order valence-electron chi connectivity index (χ2n) is 5.60. The molecule has 0 bridgehead atoms. The third-order valence-corrected chi connectivity index (χ3v) is 4.06. The SMILES string of the molecule is CC[C@@H](C(=O)Nc1cn[nH]c1-c1ccccn1)c1ccc(OC)cc1. The molecule has 3 rings (SSSR count). The molecule has 0 radical (unpaired) electrons. The highest BCUT2D eigenvalue weighted by Crippen LogP contribution is 2.27. The van der Waals surface area contributed by atoms with E-state index in [9.17, 15) is 4.79 Å². The Morgan fingerprint density at radius 3 is 2.68 bits per heavy atom. The van der Waals surface area contributed by atoms with Crippen molar-refractivity contribution in [2.75, 3.05) is 12.4 Å². The van der Waals surface area contributed by atoms with Crippen LogP contribution in [0.4, 0.5) is 5.69 Å². The van der Waals surface area contributed by atoms with E-state index in [2.05, 4.69) is 20.5 Å². The number of rotatable bonds is 6. The van der Waals surface area contributed by atoms with E-state index in [1.165, 1.54) is 0 Å². The molecule has 1 aromatic carbocycles. The Balaban J connectivity index is 1.80. The van der Waals surface area contributed by atoms with Crippen LogP contribution < -0.4 is 10.1 Å². The van der Waals surface area contributed by atoms with E-state index in [0.717, 1.165) is 17.0 Å². The average molecular weight is 336 g/mol. The lowest BCUT2D eigenvalue weighted by Gasteiger charge is -2.16. The molecule has 0 fully saturated rings. The lowest BCUT2D eigenvalue weighted by Crippen LogP contribution is -2.20. The van der Waals surface area contributed by atoms with Crippen molar-refractivity contribution in [1.82, 2.24) is 15.2 Å². The molecule has 0 aliphatic rings. The van der Waals surface area contributed by atoms with Gasteiger partial charge in [0.05, 0.1) is 30.6 Å². The van der Waals surface area contributed by atoms with Crippen LogP contribution in [0, 0.1) is 0 Å². The number of hydrogen-bond donors (Lipinski definition) is 2. The van der Waals surface area contributed by atoms with Crippen molar-refractivity contribution >= 4 is 11.6 Å². The highest BCUT2D eigenvalue weighted by molar-refractivity contribution is 5.98. The molecule has 0 aliphatic carbocycles. The van der Waals surface area contributed by atoms with Gasteiger partial charge in [0.25, 0.3) is 0 Å². The minimum atomic E-state index is -0.252. The van der Waals surface area contributed by atoms with Gasteiger partial charge >= 0.3 is 0 Å². The van der Waals surface area contributed by atoms with Crippen molar-refractivity contribution in [1.29, 1.82) is 0 Å². The summed E-state index contributed by atoms with van der Waals surface area (Å²) >= 11 is 0. The fourth-order valence-corrected chi connectivity index (χ4v) is 2.72. The fraction of sp³-hybridized carbons (Fsp3) is 0.211. The maximum atomic E-state index is 12.8. The van der Waals surface area contributed by atoms with Crippen LogP contribution in [-0.2, 0) is 4.79 Å². The van der Waals surface area contributed by atoms with Gasteiger partial charge in [-0.3, -0.25) is 14.9 Å². The van der Waals surface area contributed by atoms with Gasteiger partial charge in [-0.1, -0.05) is 25.1 Å². The summed E-state index contributed by atoms with van der Waals surface area (Å²) in [5, 5.41) is 9.89. The normalized spacial score (nSPS) is 11.8. The smallest absolute Gasteiger partial charge is 0.232 e. The maximum Gasteiger partial charge on any atom is 0.232 e. The van der Waals surface area contributed by atoms with Crippen molar-refractivity contribution in [3.8, 4) is 17.1 Å². The van der Waals surface area contributed by atoms with Crippen LogP contribution in [0.1, 0.15) is 24.8 Å². The van der Waals surface area contributed by atoms with E-state index >= 15 is 0 Å². The Bertz CT molecular complexity index is 828. The quantitative estimate of drug-likeness (QED) is 0.720. The van der Waals surface area contributed by atoms with Gasteiger partial charge in [-0.2, -0.15) is 5.10 Å².